The van der Waals surface area contributed by atoms with Crippen molar-refractivity contribution in [1.82, 2.24) is 9.78 Å². The van der Waals surface area contributed by atoms with Crippen molar-refractivity contribution in [2.45, 2.75) is 71.4 Å². The standard InChI is InChI=1S/C15H26N2O/c1-12(2)17-10-5-13(16-17)11-15(18)8-6-14(3,4)7-9-15/h5,10,12,18H,6-9,11H2,1-4H3. The molecule has 0 unspecified atom stereocenters. The monoisotopic (exact) mass is 250 g/mol. The van der Waals surface area contributed by atoms with E-state index in [2.05, 4.69) is 32.8 Å². The van der Waals surface area contributed by atoms with Gasteiger partial charge >= 0.3 is 0 Å². The Morgan fingerprint density at radius 3 is 2.39 bits per heavy atom. The van der Waals surface area contributed by atoms with E-state index < -0.39 is 5.60 Å². The Morgan fingerprint density at radius 1 is 1.28 bits per heavy atom. The van der Waals surface area contributed by atoms with Gasteiger partial charge in [-0.25, -0.2) is 0 Å². The molecule has 1 fully saturated rings. The van der Waals surface area contributed by atoms with E-state index in [1.54, 1.807) is 0 Å². The second-order valence-corrected chi connectivity index (χ2v) is 6.95. The lowest BCUT2D eigenvalue weighted by Gasteiger charge is -2.40. The lowest BCUT2D eigenvalue weighted by Crippen LogP contribution is -2.38. The highest BCUT2D eigenvalue weighted by atomic mass is 16.3. The summed E-state index contributed by atoms with van der Waals surface area (Å²) in [5, 5.41) is 15.2. The Morgan fingerprint density at radius 2 is 1.89 bits per heavy atom. The summed E-state index contributed by atoms with van der Waals surface area (Å²) >= 11 is 0. The normalized spacial score (nSPS) is 22.3. The van der Waals surface area contributed by atoms with Crippen LogP contribution >= 0.6 is 0 Å². The molecular formula is C15H26N2O. The number of rotatable bonds is 3. The molecule has 0 bridgehead atoms. The molecule has 0 spiro atoms. The average molecular weight is 250 g/mol. The van der Waals surface area contributed by atoms with Crippen molar-refractivity contribution >= 4 is 0 Å². The summed E-state index contributed by atoms with van der Waals surface area (Å²) < 4.78 is 1.96. The van der Waals surface area contributed by atoms with E-state index in [-0.39, 0.29) is 0 Å². The van der Waals surface area contributed by atoms with Crippen molar-refractivity contribution in [3.8, 4) is 0 Å². The van der Waals surface area contributed by atoms with E-state index in [0.29, 0.717) is 17.9 Å². The van der Waals surface area contributed by atoms with Crippen LogP contribution in [0.15, 0.2) is 12.3 Å². The first-order chi connectivity index (χ1) is 8.30. The molecule has 18 heavy (non-hydrogen) atoms. The van der Waals surface area contributed by atoms with E-state index in [1.165, 1.54) is 0 Å². The molecule has 1 aromatic heterocycles. The van der Waals surface area contributed by atoms with Gasteiger partial charge in [-0.2, -0.15) is 5.10 Å². The van der Waals surface area contributed by atoms with E-state index in [1.807, 2.05) is 16.9 Å². The van der Waals surface area contributed by atoms with Gasteiger partial charge in [-0.1, -0.05) is 13.8 Å². The molecular weight excluding hydrogens is 224 g/mol. The zero-order valence-electron chi connectivity index (χ0n) is 12.1. The van der Waals surface area contributed by atoms with Crippen LogP contribution in [-0.4, -0.2) is 20.5 Å². The van der Waals surface area contributed by atoms with Crippen LogP contribution in [0.1, 0.15) is 65.1 Å². The first-order valence-corrected chi connectivity index (χ1v) is 7.06. The average Bonchev–Trinajstić information content (AvgIpc) is 2.72. The predicted octanol–water partition coefficient (Wildman–Crippen LogP) is 3.34. The van der Waals surface area contributed by atoms with Crippen LogP contribution in [0.4, 0.5) is 0 Å². The highest BCUT2D eigenvalue weighted by molar-refractivity contribution is 5.06. The predicted molar refractivity (Wildman–Crippen MR) is 73.5 cm³/mol. The lowest BCUT2D eigenvalue weighted by molar-refractivity contribution is -0.0259. The Balaban J connectivity index is 2.00. The molecule has 3 heteroatoms. The zero-order valence-corrected chi connectivity index (χ0v) is 12.1. The van der Waals surface area contributed by atoms with Crippen molar-refractivity contribution < 1.29 is 5.11 Å². The Hall–Kier alpha value is -0.830. The molecule has 1 aliphatic carbocycles. The van der Waals surface area contributed by atoms with Gasteiger partial charge < -0.3 is 5.11 Å². The molecule has 0 radical (unpaired) electrons. The molecule has 1 aromatic rings. The van der Waals surface area contributed by atoms with Crippen LogP contribution < -0.4 is 0 Å². The van der Waals surface area contributed by atoms with Gasteiger partial charge in [-0.05, 0) is 51.0 Å². The van der Waals surface area contributed by atoms with Crippen LogP contribution in [-0.2, 0) is 6.42 Å². The molecule has 3 nitrogen and oxygen atoms in total. The summed E-state index contributed by atoms with van der Waals surface area (Å²) in [6, 6.07) is 2.43. The fourth-order valence-electron chi connectivity index (χ4n) is 2.67. The topological polar surface area (TPSA) is 38.0 Å². The number of aromatic nitrogens is 2. The highest BCUT2D eigenvalue weighted by Gasteiger charge is 2.37. The third-order valence-corrected chi connectivity index (χ3v) is 4.24. The van der Waals surface area contributed by atoms with E-state index in [9.17, 15) is 5.11 Å². The third-order valence-electron chi connectivity index (χ3n) is 4.24. The van der Waals surface area contributed by atoms with Crippen LogP contribution in [0.3, 0.4) is 0 Å². The Bertz CT molecular complexity index is 396. The van der Waals surface area contributed by atoms with Crippen LogP contribution in [0, 0.1) is 5.41 Å². The van der Waals surface area contributed by atoms with Crippen molar-refractivity contribution in [3.63, 3.8) is 0 Å². The minimum atomic E-state index is -0.536. The number of hydrogen-bond acceptors (Lipinski definition) is 2. The van der Waals surface area contributed by atoms with Gasteiger partial charge in [0.1, 0.15) is 0 Å². The van der Waals surface area contributed by atoms with Crippen molar-refractivity contribution in [1.29, 1.82) is 0 Å². The SMILES string of the molecule is CC(C)n1ccc(CC2(O)CCC(C)(C)CC2)n1. The molecule has 102 valence electrons. The minimum absolute atomic E-state index is 0.388. The summed E-state index contributed by atoms with van der Waals surface area (Å²) in [5.41, 5.74) is 0.876. The molecule has 0 saturated heterocycles. The summed E-state index contributed by atoms with van der Waals surface area (Å²) in [6.45, 7) is 8.82. The summed E-state index contributed by atoms with van der Waals surface area (Å²) in [6.07, 6.45) is 6.71. The van der Waals surface area contributed by atoms with Crippen LogP contribution in [0.2, 0.25) is 0 Å². The molecule has 0 aromatic carbocycles. The van der Waals surface area contributed by atoms with E-state index >= 15 is 0 Å². The number of nitrogens with zero attached hydrogens (tertiary/aromatic N) is 2. The minimum Gasteiger partial charge on any atom is -0.389 e. The van der Waals surface area contributed by atoms with Crippen molar-refractivity contribution in [2.75, 3.05) is 0 Å². The second kappa shape index (κ2) is 4.69. The first kappa shape index (κ1) is 13.6. The maximum atomic E-state index is 10.7. The van der Waals surface area contributed by atoms with E-state index in [4.69, 9.17) is 0 Å². The molecule has 1 saturated carbocycles. The first-order valence-electron chi connectivity index (χ1n) is 7.06. The maximum Gasteiger partial charge on any atom is 0.0704 e. The molecule has 1 heterocycles. The molecule has 1 N–H and O–H groups in total. The third kappa shape index (κ3) is 3.14. The van der Waals surface area contributed by atoms with Gasteiger partial charge in [0.15, 0.2) is 0 Å². The maximum absolute atomic E-state index is 10.7. The van der Waals surface area contributed by atoms with Crippen molar-refractivity contribution in [3.05, 3.63) is 18.0 Å². The second-order valence-electron chi connectivity index (χ2n) is 6.95. The quantitative estimate of drug-likeness (QED) is 0.893. The summed E-state index contributed by atoms with van der Waals surface area (Å²) in [5.74, 6) is 0. The molecule has 2 rings (SSSR count). The van der Waals surface area contributed by atoms with Gasteiger partial charge in [-0.3, -0.25) is 4.68 Å². The fraction of sp³-hybridized carbons (Fsp3) is 0.800. The molecule has 0 amide bonds. The van der Waals surface area contributed by atoms with Gasteiger partial charge in [-0.15, -0.1) is 0 Å². The Kier molecular flexibility index (Phi) is 3.54. The molecule has 1 aliphatic rings. The summed E-state index contributed by atoms with van der Waals surface area (Å²) in [4.78, 5) is 0. The summed E-state index contributed by atoms with van der Waals surface area (Å²) in [7, 11) is 0. The number of aliphatic hydroxyl groups is 1. The van der Waals surface area contributed by atoms with E-state index in [0.717, 1.165) is 31.4 Å². The zero-order chi connectivity index (χ0) is 13.4. The number of hydrogen-bond donors (Lipinski definition) is 1. The molecule has 0 atom stereocenters. The fourth-order valence-corrected chi connectivity index (χ4v) is 2.67. The van der Waals surface area contributed by atoms with Crippen molar-refractivity contribution in [2.24, 2.45) is 5.41 Å². The Labute approximate surface area is 110 Å². The molecule has 0 aliphatic heterocycles. The lowest BCUT2D eigenvalue weighted by atomic mass is 9.70. The van der Waals surface area contributed by atoms with Crippen LogP contribution in [0.25, 0.3) is 0 Å². The smallest absolute Gasteiger partial charge is 0.0704 e. The van der Waals surface area contributed by atoms with Gasteiger partial charge in [0.25, 0.3) is 0 Å². The van der Waals surface area contributed by atoms with Gasteiger partial charge in [0, 0.05) is 18.7 Å². The van der Waals surface area contributed by atoms with Gasteiger partial charge in [0.05, 0.1) is 11.3 Å². The largest absolute Gasteiger partial charge is 0.389 e. The van der Waals surface area contributed by atoms with Crippen LogP contribution in [0.5, 0.6) is 0 Å². The van der Waals surface area contributed by atoms with Gasteiger partial charge in [0.2, 0.25) is 0 Å². The highest BCUT2D eigenvalue weighted by Crippen LogP contribution is 2.41.